The van der Waals surface area contributed by atoms with Crippen molar-refractivity contribution in [3.8, 4) is 0 Å². The fourth-order valence-corrected chi connectivity index (χ4v) is 3.66. The van der Waals surface area contributed by atoms with Gasteiger partial charge in [-0.1, -0.05) is 6.07 Å². The van der Waals surface area contributed by atoms with E-state index < -0.39 is 0 Å². The summed E-state index contributed by atoms with van der Waals surface area (Å²) in [6.45, 7) is 11.5. The molecule has 6 heteroatoms. The Bertz CT molecular complexity index is 633. The summed E-state index contributed by atoms with van der Waals surface area (Å²) in [5, 5.41) is 16.6. The average molecular weight is 361 g/mol. The number of nitrogens with one attached hydrogen (secondary N) is 2. The van der Waals surface area contributed by atoms with E-state index in [1.54, 1.807) is 0 Å². The van der Waals surface area contributed by atoms with Crippen LogP contribution in [0.4, 0.5) is 11.4 Å². The molecule has 0 spiro atoms. The van der Waals surface area contributed by atoms with E-state index >= 15 is 0 Å². The quantitative estimate of drug-likeness (QED) is 0.741. The third kappa shape index (κ3) is 4.96. The van der Waals surface area contributed by atoms with Crippen molar-refractivity contribution in [1.29, 1.82) is 0 Å². The summed E-state index contributed by atoms with van der Waals surface area (Å²) in [6.07, 6.45) is 1.03. The summed E-state index contributed by atoms with van der Waals surface area (Å²) >= 11 is 0. The number of carbonyl (C=O) groups is 1. The van der Waals surface area contributed by atoms with Crippen molar-refractivity contribution in [3.05, 3.63) is 23.8 Å². The maximum absolute atomic E-state index is 11.6. The van der Waals surface area contributed by atoms with Crippen LogP contribution < -0.4 is 15.5 Å². The van der Waals surface area contributed by atoms with E-state index in [4.69, 9.17) is 0 Å². The first-order valence-corrected chi connectivity index (χ1v) is 9.64. The standard InChI is InChI=1S/C20H32N4O2/c1-20(2,3)21-13-15(25)14-23-9-11-24(12-10-23)18-6-4-5-17-16(18)7-8-19(26)22-17/h4-6,15,21,25H,7-14H2,1-3H3,(H,22,26). The van der Waals surface area contributed by atoms with Crippen LogP contribution in [0.5, 0.6) is 0 Å². The van der Waals surface area contributed by atoms with E-state index in [2.05, 4.69) is 47.3 Å². The van der Waals surface area contributed by atoms with Gasteiger partial charge in [-0.15, -0.1) is 0 Å². The molecule has 0 radical (unpaired) electrons. The van der Waals surface area contributed by atoms with Crippen LogP contribution in [0.25, 0.3) is 0 Å². The number of nitrogens with zero attached hydrogens (tertiary/aromatic N) is 2. The number of hydrogen-bond acceptors (Lipinski definition) is 5. The van der Waals surface area contributed by atoms with Gasteiger partial charge >= 0.3 is 0 Å². The summed E-state index contributed by atoms with van der Waals surface area (Å²) in [7, 11) is 0. The fourth-order valence-electron chi connectivity index (χ4n) is 3.66. The van der Waals surface area contributed by atoms with E-state index in [1.165, 1.54) is 11.3 Å². The molecule has 3 N–H and O–H groups in total. The lowest BCUT2D eigenvalue weighted by Gasteiger charge is -2.38. The van der Waals surface area contributed by atoms with E-state index in [1.807, 2.05) is 12.1 Å². The summed E-state index contributed by atoms with van der Waals surface area (Å²) < 4.78 is 0. The number of carbonyl (C=O) groups excluding carboxylic acids is 1. The first kappa shape index (κ1) is 19.1. The van der Waals surface area contributed by atoms with Gasteiger partial charge in [0.25, 0.3) is 0 Å². The Morgan fingerprint density at radius 1 is 1.19 bits per heavy atom. The number of piperazine rings is 1. The number of rotatable bonds is 5. The molecule has 0 aromatic heterocycles. The maximum atomic E-state index is 11.6. The van der Waals surface area contributed by atoms with E-state index in [0.29, 0.717) is 19.5 Å². The van der Waals surface area contributed by atoms with Crippen molar-refractivity contribution < 1.29 is 9.90 Å². The van der Waals surface area contributed by atoms with Gasteiger partial charge in [-0.05, 0) is 44.9 Å². The lowest BCUT2D eigenvalue weighted by atomic mass is 10.00. The lowest BCUT2D eigenvalue weighted by molar-refractivity contribution is -0.116. The monoisotopic (exact) mass is 360 g/mol. The highest BCUT2D eigenvalue weighted by molar-refractivity contribution is 5.95. The van der Waals surface area contributed by atoms with E-state index in [0.717, 1.165) is 38.3 Å². The highest BCUT2D eigenvalue weighted by Gasteiger charge is 2.24. The van der Waals surface area contributed by atoms with Gasteiger partial charge in [-0.3, -0.25) is 9.69 Å². The molecule has 0 bridgehead atoms. The predicted octanol–water partition coefficient (Wildman–Crippen LogP) is 1.44. The molecular formula is C20H32N4O2. The number of aliphatic hydroxyl groups is 1. The van der Waals surface area contributed by atoms with Gasteiger partial charge in [0.05, 0.1) is 6.10 Å². The first-order valence-electron chi connectivity index (χ1n) is 9.64. The molecule has 2 aliphatic rings. The molecule has 0 saturated carbocycles. The average Bonchev–Trinajstić information content (AvgIpc) is 2.59. The summed E-state index contributed by atoms with van der Waals surface area (Å²) in [6, 6.07) is 6.17. The number of hydrogen-bond donors (Lipinski definition) is 3. The highest BCUT2D eigenvalue weighted by atomic mass is 16.3. The summed E-state index contributed by atoms with van der Waals surface area (Å²) in [5.41, 5.74) is 3.50. The Morgan fingerprint density at radius 2 is 1.92 bits per heavy atom. The molecule has 3 rings (SSSR count). The number of anilines is 2. The van der Waals surface area contributed by atoms with Crippen molar-refractivity contribution in [2.75, 3.05) is 49.5 Å². The smallest absolute Gasteiger partial charge is 0.224 e. The maximum Gasteiger partial charge on any atom is 0.224 e. The third-order valence-electron chi connectivity index (χ3n) is 5.08. The number of aliphatic hydroxyl groups excluding tert-OH is 1. The van der Waals surface area contributed by atoms with E-state index in [-0.39, 0.29) is 17.6 Å². The summed E-state index contributed by atoms with van der Waals surface area (Å²) in [4.78, 5) is 16.4. The predicted molar refractivity (Wildman–Crippen MR) is 106 cm³/mol. The molecule has 1 fully saturated rings. The minimum atomic E-state index is -0.347. The molecule has 1 amide bonds. The van der Waals surface area contributed by atoms with Gasteiger partial charge in [-0.25, -0.2) is 0 Å². The van der Waals surface area contributed by atoms with Crippen LogP contribution >= 0.6 is 0 Å². The lowest BCUT2D eigenvalue weighted by Crippen LogP contribution is -2.51. The van der Waals surface area contributed by atoms with Crippen molar-refractivity contribution in [2.45, 2.75) is 45.3 Å². The minimum absolute atomic E-state index is 0.0293. The Balaban J connectivity index is 1.53. The Labute approximate surface area is 156 Å². The van der Waals surface area contributed by atoms with Crippen LogP contribution in [0.2, 0.25) is 0 Å². The SMILES string of the molecule is CC(C)(C)NCC(O)CN1CCN(c2cccc3c2CCC(=O)N3)CC1. The van der Waals surface area contributed by atoms with Crippen molar-refractivity contribution >= 4 is 17.3 Å². The Kier molecular flexibility index (Phi) is 5.85. The number of β-amino-alcohol motifs (C(OH)–C–C–N with tert-alkyl or cyclic N) is 1. The molecule has 144 valence electrons. The normalized spacial score (nSPS) is 19.8. The molecule has 1 aromatic carbocycles. The first-order chi connectivity index (χ1) is 12.3. The summed E-state index contributed by atoms with van der Waals surface area (Å²) in [5.74, 6) is 0.109. The zero-order chi connectivity index (χ0) is 18.7. The molecule has 2 aliphatic heterocycles. The second kappa shape index (κ2) is 7.94. The second-order valence-electron chi connectivity index (χ2n) is 8.42. The molecule has 1 aromatic rings. The van der Waals surface area contributed by atoms with Crippen molar-refractivity contribution in [3.63, 3.8) is 0 Å². The van der Waals surface area contributed by atoms with Crippen molar-refractivity contribution in [1.82, 2.24) is 10.2 Å². The third-order valence-corrected chi connectivity index (χ3v) is 5.08. The van der Waals surface area contributed by atoms with Crippen LogP contribution in [0, 0.1) is 0 Å². The van der Waals surface area contributed by atoms with Crippen molar-refractivity contribution in [2.24, 2.45) is 0 Å². The Hall–Kier alpha value is -1.63. The fraction of sp³-hybridized carbons (Fsp3) is 0.650. The molecule has 26 heavy (non-hydrogen) atoms. The Morgan fingerprint density at radius 3 is 2.62 bits per heavy atom. The van der Waals surface area contributed by atoms with Gasteiger partial charge < -0.3 is 20.6 Å². The van der Waals surface area contributed by atoms with E-state index in [9.17, 15) is 9.90 Å². The van der Waals surface area contributed by atoms with Gasteiger partial charge in [0.2, 0.25) is 5.91 Å². The zero-order valence-corrected chi connectivity index (χ0v) is 16.2. The molecule has 1 saturated heterocycles. The van der Waals surface area contributed by atoms with Crippen LogP contribution in [-0.2, 0) is 11.2 Å². The number of fused-ring (bicyclic) bond motifs is 1. The van der Waals surface area contributed by atoms with Crippen LogP contribution in [0.1, 0.15) is 32.8 Å². The topological polar surface area (TPSA) is 67.8 Å². The molecule has 2 heterocycles. The molecule has 6 nitrogen and oxygen atoms in total. The van der Waals surface area contributed by atoms with Gasteiger partial charge in [0, 0.05) is 62.6 Å². The largest absolute Gasteiger partial charge is 0.390 e. The minimum Gasteiger partial charge on any atom is -0.390 e. The molecule has 1 atom stereocenters. The zero-order valence-electron chi connectivity index (χ0n) is 16.2. The second-order valence-corrected chi connectivity index (χ2v) is 8.42. The van der Waals surface area contributed by atoms with Gasteiger partial charge in [0.15, 0.2) is 0 Å². The number of benzene rings is 1. The number of amides is 1. The highest BCUT2D eigenvalue weighted by Crippen LogP contribution is 2.32. The van der Waals surface area contributed by atoms with Crippen LogP contribution in [-0.4, -0.2) is 66.8 Å². The molecule has 0 aliphatic carbocycles. The van der Waals surface area contributed by atoms with Crippen LogP contribution in [0.15, 0.2) is 18.2 Å². The van der Waals surface area contributed by atoms with Crippen LogP contribution in [0.3, 0.4) is 0 Å². The van der Waals surface area contributed by atoms with Gasteiger partial charge in [-0.2, -0.15) is 0 Å². The molecule has 1 unspecified atom stereocenters. The van der Waals surface area contributed by atoms with Gasteiger partial charge in [0.1, 0.15) is 0 Å². The molecular weight excluding hydrogens is 328 g/mol.